The molecule has 0 fully saturated rings. The molecule has 164 valence electrons. The maximum Gasteiger partial charge on any atom is 0.247 e. The van der Waals surface area contributed by atoms with Crippen molar-refractivity contribution in [2.75, 3.05) is 6.54 Å². The van der Waals surface area contributed by atoms with E-state index in [0.717, 1.165) is 16.8 Å². The summed E-state index contributed by atoms with van der Waals surface area (Å²) in [5.41, 5.74) is 3.58. The molecule has 0 aliphatic rings. The van der Waals surface area contributed by atoms with Gasteiger partial charge in [-0.05, 0) is 31.5 Å². The van der Waals surface area contributed by atoms with Gasteiger partial charge in [0.25, 0.3) is 0 Å². The van der Waals surface area contributed by atoms with Crippen LogP contribution in [0.25, 0.3) is 17.1 Å². The number of nitrogens with zero attached hydrogens (tertiary/aromatic N) is 5. The Balaban J connectivity index is 1.68. The third-order valence-corrected chi connectivity index (χ3v) is 7.49. The lowest BCUT2D eigenvalue weighted by Crippen LogP contribution is -2.31. The SMILES string of the molecule is CCN(Cc1ccccc1)S(=O)(=O)c1c(C)nn(-c2ccc(-c3ccccc3)nn2)c1C. The first kappa shape index (κ1) is 21.9. The van der Waals surface area contributed by atoms with Gasteiger partial charge in [-0.15, -0.1) is 10.2 Å². The van der Waals surface area contributed by atoms with Crippen molar-refractivity contribution in [1.82, 2.24) is 24.3 Å². The highest BCUT2D eigenvalue weighted by Gasteiger charge is 2.30. The summed E-state index contributed by atoms with van der Waals surface area (Å²) in [7, 11) is -3.75. The van der Waals surface area contributed by atoms with Crippen LogP contribution in [0.5, 0.6) is 0 Å². The molecule has 0 amide bonds. The first-order chi connectivity index (χ1) is 15.4. The molecular weight excluding hydrogens is 422 g/mol. The van der Waals surface area contributed by atoms with Crippen LogP contribution in [0.3, 0.4) is 0 Å². The van der Waals surface area contributed by atoms with Crippen LogP contribution in [0.2, 0.25) is 0 Å². The Hall–Kier alpha value is -3.36. The first-order valence-electron chi connectivity index (χ1n) is 10.4. The van der Waals surface area contributed by atoms with Gasteiger partial charge in [0, 0.05) is 18.7 Å². The van der Waals surface area contributed by atoms with Crippen molar-refractivity contribution in [2.24, 2.45) is 0 Å². The second kappa shape index (κ2) is 9.02. The smallest absolute Gasteiger partial charge is 0.216 e. The standard InChI is InChI=1S/C24H25N5O2S/c1-4-28(17-20-11-7-5-8-12-20)32(30,31)24-18(2)27-29(19(24)3)23-16-15-22(25-26-23)21-13-9-6-10-14-21/h5-16H,4,17H2,1-3H3. The van der Waals surface area contributed by atoms with Crippen LogP contribution in [-0.4, -0.2) is 39.2 Å². The summed E-state index contributed by atoms with van der Waals surface area (Å²) in [5.74, 6) is 0.470. The number of aryl methyl sites for hydroxylation is 1. The van der Waals surface area contributed by atoms with Gasteiger partial charge in [0.15, 0.2) is 5.82 Å². The van der Waals surface area contributed by atoms with E-state index in [9.17, 15) is 8.42 Å². The van der Waals surface area contributed by atoms with Gasteiger partial charge in [-0.25, -0.2) is 13.1 Å². The zero-order chi connectivity index (χ0) is 22.7. The van der Waals surface area contributed by atoms with Crippen molar-refractivity contribution in [3.63, 3.8) is 0 Å². The van der Waals surface area contributed by atoms with Crippen LogP contribution >= 0.6 is 0 Å². The maximum atomic E-state index is 13.5. The second-order valence-corrected chi connectivity index (χ2v) is 9.35. The number of sulfonamides is 1. The van der Waals surface area contributed by atoms with Crippen LogP contribution < -0.4 is 0 Å². The summed E-state index contributed by atoms with van der Waals surface area (Å²) in [5, 5.41) is 13.1. The third kappa shape index (κ3) is 4.19. The van der Waals surface area contributed by atoms with Crippen molar-refractivity contribution >= 4 is 10.0 Å². The average molecular weight is 448 g/mol. The molecule has 0 saturated heterocycles. The zero-order valence-electron chi connectivity index (χ0n) is 18.3. The lowest BCUT2D eigenvalue weighted by Gasteiger charge is -2.21. The van der Waals surface area contributed by atoms with Crippen LogP contribution in [-0.2, 0) is 16.6 Å². The molecule has 0 aliphatic carbocycles. The summed E-state index contributed by atoms with van der Waals surface area (Å²) in [6.07, 6.45) is 0. The minimum atomic E-state index is -3.75. The highest BCUT2D eigenvalue weighted by molar-refractivity contribution is 7.89. The molecule has 0 atom stereocenters. The summed E-state index contributed by atoms with van der Waals surface area (Å²) < 4.78 is 30.1. The molecule has 32 heavy (non-hydrogen) atoms. The van der Waals surface area contributed by atoms with Gasteiger partial charge in [-0.2, -0.15) is 9.40 Å². The van der Waals surface area contributed by atoms with Gasteiger partial charge in [0.2, 0.25) is 10.0 Å². The minimum absolute atomic E-state index is 0.212. The first-order valence-corrected chi connectivity index (χ1v) is 11.9. The Labute approximate surface area is 188 Å². The quantitative estimate of drug-likeness (QED) is 0.425. The predicted molar refractivity (Wildman–Crippen MR) is 124 cm³/mol. The molecular formula is C24H25N5O2S. The molecule has 8 heteroatoms. The Morgan fingerprint density at radius 2 is 1.53 bits per heavy atom. The Morgan fingerprint density at radius 3 is 2.12 bits per heavy atom. The summed E-state index contributed by atoms with van der Waals surface area (Å²) in [6.45, 7) is 5.94. The van der Waals surface area contributed by atoms with Crippen LogP contribution in [0.1, 0.15) is 23.9 Å². The van der Waals surface area contributed by atoms with Crippen molar-refractivity contribution in [2.45, 2.75) is 32.2 Å². The third-order valence-electron chi connectivity index (χ3n) is 5.31. The minimum Gasteiger partial charge on any atom is -0.216 e. The van der Waals surface area contributed by atoms with Crippen molar-refractivity contribution in [3.05, 3.63) is 89.7 Å². The molecule has 0 spiro atoms. The van der Waals surface area contributed by atoms with E-state index in [-0.39, 0.29) is 4.90 Å². The van der Waals surface area contributed by atoms with Gasteiger partial charge in [-0.3, -0.25) is 0 Å². The van der Waals surface area contributed by atoms with Crippen LogP contribution in [0.4, 0.5) is 0 Å². The largest absolute Gasteiger partial charge is 0.247 e. The fourth-order valence-electron chi connectivity index (χ4n) is 3.71. The second-order valence-electron chi connectivity index (χ2n) is 7.47. The number of rotatable bonds is 7. The molecule has 7 nitrogen and oxygen atoms in total. The van der Waals surface area contributed by atoms with E-state index in [4.69, 9.17) is 0 Å². The molecule has 2 heterocycles. The van der Waals surface area contributed by atoms with Crippen LogP contribution in [0, 0.1) is 13.8 Å². The molecule has 0 aliphatic heterocycles. The molecule has 4 aromatic rings. The number of aromatic nitrogens is 4. The number of hydrogen-bond acceptors (Lipinski definition) is 5. The normalized spacial score (nSPS) is 11.8. The Kier molecular flexibility index (Phi) is 6.16. The van der Waals surface area contributed by atoms with E-state index < -0.39 is 10.0 Å². The highest BCUT2D eigenvalue weighted by atomic mass is 32.2. The van der Waals surface area contributed by atoms with Gasteiger partial charge in [0.05, 0.1) is 17.1 Å². The van der Waals surface area contributed by atoms with E-state index in [1.165, 1.54) is 4.31 Å². The summed E-state index contributed by atoms with van der Waals surface area (Å²) >= 11 is 0. The number of hydrogen-bond donors (Lipinski definition) is 0. The van der Waals surface area contributed by atoms with Gasteiger partial charge in [0.1, 0.15) is 4.90 Å². The average Bonchev–Trinajstić information content (AvgIpc) is 3.13. The Morgan fingerprint density at radius 1 is 0.875 bits per heavy atom. The van der Waals surface area contributed by atoms with Crippen molar-refractivity contribution < 1.29 is 8.42 Å². The molecule has 2 aromatic carbocycles. The van der Waals surface area contributed by atoms with Crippen LogP contribution in [0.15, 0.2) is 77.7 Å². The topological polar surface area (TPSA) is 81.0 Å². The van der Waals surface area contributed by atoms with E-state index in [0.29, 0.717) is 30.3 Å². The van der Waals surface area contributed by atoms with E-state index in [2.05, 4.69) is 15.3 Å². The number of benzene rings is 2. The van der Waals surface area contributed by atoms with E-state index >= 15 is 0 Å². The predicted octanol–water partition coefficient (Wildman–Crippen LogP) is 4.16. The monoisotopic (exact) mass is 447 g/mol. The molecule has 0 radical (unpaired) electrons. The van der Waals surface area contributed by atoms with Gasteiger partial charge < -0.3 is 0 Å². The molecule has 0 bridgehead atoms. The van der Waals surface area contributed by atoms with E-state index in [1.807, 2.05) is 73.7 Å². The molecule has 0 N–H and O–H groups in total. The molecule has 4 rings (SSSR count). The molecule has 0 saturated carbocycles. The summed E-state index contributed by atoms with van der Waals surface area (Å²) in [6, 6.07) is 23.0. The molecule has 0 unspecified atom stereocenters. The molecule has 2 aromatic heterocycles. The Bertz CT molecular complexity index is 1300. The fourth-order valence-corrected chi connectivity index (χ4v) is 5.50. The van der Waals surface area contributed by atoms with E-state index in [1.54, 1.807) is 24.6 Å². The van der Waals surface area contributed by atoms with Crippen molar-refractivity contribution in [1.29, 1.82) is 0 Å². The van der Waals surface area contributed by atoms with Crippen molar-refractivity contribution in [3.8, 4) is 17.1 Å². The zero-order valence-corrected chi connectivity index (χ0v) is 19.1. The fraction of sp³-hybridized carbons (Fsp3) is 0.208. The lowest BCUT2D eigenvalue weighted by atomic mass is 10.1. The van der Waals surface area contributed by atoms with Gasteiger partial charge >= 0.3 is 0 Å². The lowest BCUT2D eigenvalue weighted by molar-refractivity contribution is 0.422. The van der Waals surface area contributed by atoms with Gasteiger partial charge in [-0.1, -0.05) is 67.6 Å². The maximum absolute atomic E-state index is 13.5. The summed E-state index contributed by atoms with van der Waals surface area (Å²) in [4.78, 5) is 0.212. The highest BCUT2D eigenvalue weighted by Crippen LogP contribution is 2.26.